The molecule has 0 fully saturated rings. The van der Waals surface area contributed by atoms with E-state index in [-0.39, 0.29) is 0 Å². The van der Waals surface area contributed by atoms with Gasteiger partial charge in [-0.2, -0.15) is 0 Å². The molecule has 108 valence electrons. The number of benzene rings is 2. The Morgan fingerprint density at radius 3 is 2.90 bits per heavy atom. The van der Waals surface area contributed by atoms with Crippen LogP contribution in [0.3, 0.4) is 0 Å². The van der Waals surface area contributed by atoms with Gasteiger partial charge in [-0.05, 0) is 31.5 Å². The highest BCUT2D eigenvalue weighted by atomic mass is 32.2. The fraction of sp³-hybridized carbons (Fsp3) is 0.235. The quantitative estimate of drug-likeness (QED) is 0.702. The molecule has 0 bridgehead atoms. The number of hydrogen-bond donors (Lipinski definition) is 1. The molecule has 0 saturated heterocycles. The van der Waals surface area contributed by atoms with Gasteiger partial charge in [-0.25, -0.2) is 4.98 Å². The van der Waals surface area contributed by atoms with E-state index in [9.17, 15) is 0 Å². The number of rotatable bonds is 5. The predicted molar refractivity (Wildman–Crippen MR) is 88.0 cm³/mol. The largest absolute Gasteiger partial charge is 0.494 e. The Kier molecular flexibility index (Phi) is 4.15. The first kappa shape index (κ1) is 14.0. The lowest BCUT2D eigenvalue weighted by molar-refractivity contribution is 0.340. The lowest BCUT2D eigenvalue weighted by Gasteiger charge is -2.01. The Morgan fingerprint density at radius 1 is 1.19 bits per heavy atom. The summed E-state index contributed by atoms with van der Waals surface area (Å²) in [6.45, 7) is 4.78. The second kappa shape index (κ2) is 6.22. The SMILES string of the molecule is CCOc1ccc2nc(SCc3cccc(C)c3)[nH]c2c1. The minimum absolute atomic E-state index is 0.675. The van der Waals surface area contributed by atoms with Crippen molar-refractivity contribution < 1.29 is 4.74 Å². The molecule has 0 amide bonds. The van der Waals surface area contributed by atoms with E-state index in [1.807, 2.05) is 25.1 Å². The van der Waals surface area contributed by atoms with Gasteiger partial charge in [-0.3, -0.25) is 0 Å². The molecule has 0 aliphatic rings. The van der Waals surface area contributed by atoms with Gasteiger partial charge >= 0.3 is 0 Å². The number of aromatic nitrogens is 2. The van der Waals surface area contributed by atoms with Gasteiger partial charge in [0.15, 0.2) is 5.16 Å². The molecule has 0 spiro atoms. The first-order chi connectivity index (χ1) is 10.2. The monoisotopic (exact) mass is 298 g/mol. The molecule has 0 aliphatic heterocycles. The first-order valence-electron chi connectivity index (χ1n) is 7.05. The van der Waals surface area contributed by atoms with Gasteiger partial charge in [0, 0.05) is 11.8 Å². The summed E-state index contributed by atoms with van der Waals surface area (Å²) in [7, 11) is 0. The van der Waals surface area contributed by atoms with Crippen molar-refractivity contribution >= 4 is 22.8 Å². The Morgan fingerprint density at radius 2 is 2.10 bits per heavy atom. The minimum atomic E-state index is 0.675. The number of fused-ring (bicyclic) bond motifs is 1. The van der Waals surface area contributed by atoms with E-state index in [0.717, 1.165) is 27.7 Å². The maximum atomic E-state index is 5.51. The van der Waals surface area contributed by atoms with E-state index in [2.05, 4.69) is 41.2 Å². The van der Waals surface area contributed by atoms with Gasteiger partial charge in [-0.15, -0.1) is 0 Å². The van der Waals surface area contributed by atoms with Gasteiger partial charge in [0.05, 0.1) is 17.6 Å². The molecule has 0 atom stereocenters. The molecule has 21 heavy (non-hydrogen) atoms. The smallest absolute Gasteiger partial charge is 0.166 e. The Balaban J connectivity index is 1.75. The molecule has 3 aromatic rings. The molecule has 1 N–H and O–H groups in total. The minimum Gasteiger partial charge on any atom is -0.494 e. The number of H-pyrrole nitrogens is 1. The maximum absolute atomic E-state index is 5.51. The van der Waals surface area contributed by atoms with Gasteiger partial charge in [0.1, 0.15) is 5.75 Å². The molecule has 0 aliphatic carbocycles. The molecule has 0 saturated carbocycles. The third-order valence-corrected chi connectivity index (χ3v) is 4.15. The lowest BCUT2D eigenvalue weighted by atomic mass is 10.2. The molecule has 3 rings (SSSR count). The van der Waals surface area contributed by atoms with Gasteiger partial charge in [0.2, 0.25) is 0 Å². The number of hydrogen-bond acceptors (Lipinski definition) is 3. The molecule has 1 aromatic heterocycles. The van der Waals surface area contributed by atoms with Crippen molar-refractivity contribution in [2.45, 2.75) is 24.8 Å². The maximum Gasteiger partial charge on any atom is 0.166 e. The lowest BCUT2D eigenvalue weighted by Crippen LogP contribution is -1.90. The molecular formula is C17H18N2OS. The average molecular weight is 298 g/mol. The van der Waals surface area contributed by atoms with Crippen LogP contribution in [0.5, 0.6) is 5.75 Å². The van der Waals surface area contributed by atoms with Crippen LogP contribution in [0.15, 0.2) is 47.6 Å². The fourth-order valence-electron chi connectivity index (χ4n) is 2.24. The van der Waals surface area contributed by atoms with Crippen LogP contribution in [-0.4, -0.2) is 16.6 Å². The van der Waals surface area contributed by atoms with E-state index in [1.54, 1.807) is 11.8 Å². The Hall–Kier alpha value is -1.94. The van der Waals surface area contributed by atoms with E-state index in [4.69, 9.17) is 4.74 Å². The zero-order valence-corrected chi connectivity index (χ0v) is 13.0. The second-order valence-corrected chi connectivity index (χ2v) is 5.90. The highest BCUT2D eigenvalue weighted by Gasteiger charge is 2.05. The third kappa shape index (κ3) is 3.39. The number of nitrogens with one attached hydrogen (secondary N) is 1. The fourth-order valence-corrected chi connectivity index (χ4v) is 3.07. The summed E-state index contributed by atoms with van der Waals surface area (Å²) in [5, 5.41) is 0.945. The van der Waals surface area contributed by atoms with Crippen molar-refractivity contribution in [2.75, 3.05) is 6.61 Å². The van der Waals surface area contributed by atoms with E-state index in [0.29, 0.717) is 6.61 Å². The molecule has 0 radical (unpaired) electrons. The summed E-state index contributed by atoms with van der Waals surface area (Å²) < 4.78 is 5.51. The molecule has 3 nitrogen and oxygen atoms in total. The highest BCUT2D eigenvalue weighted by Crippen LogP contribution is 2.25. The predicted octanol–water partition coefficient (Wildman–Crippen LogP) is 4.56. The van der Waals surface area contributed by atoms with Crippen molar-refractivity contribution in [3.8, 4) is 5.75 Å². The molecule has 1 heterocycles. The first-order valence-corrected chi connectivity index (χ1v) is 8.04. The summed E-state index contributed by atoms with van der Waals surface area (Å²) in [5.41, 5.74) is 4.60. The standard InChI is InChI=1S/C17H18N2OS/c1-3-20-14-7-8-15-16(10-14)19-17(18-15)21-11-13-6-4-5-12(2)9-13/h4-10H,3,11H2,1-2H3,(H,18,19). The van der Waals surface area contributed by atoms with Crippen LogP contribution in [0.25, 0.3) is 11.0 Å². The normalized spacial score (nSPS) is 11.0. The number of imidazole rings is 1. The summed E-state index contributed by atoms with van der Waals surface area (Å²) in [6, 6.07) is 14.5. The van der Waals surface area contributed by atoms with Crippen LogP contribution in [0.2, 0.25) is 0 Å². The van der Waals surface area contributed by atoms with Crippen molar-refractivity contribution in [3.63, 3.8) is 0 Å². The molecule has 2 aromatic carbocycles. The average Bonchev–Trinajstić information content (AvgIpc) is 2.88. The van der Waals surface area contributed by atoms with Gasteiger partial charge < -0.3 is 9.72 Å². The van der Waals surface area contributed by atoms with Gasteiger partial charge in [0.25, 0.3) is 0 Å². The van der Waals surface area contributed by atoms with Gasteiger partial charge in [-0.1, -0.05) is 41.6 Å². The summed E-state index contributed by atoms with van der Waals surface area (Å²) in [6.07, 6.45) is 0. The van der Waals surface area contributed by atoms with Crippen molar-refractivity contribution in [1.29, 1.82) is 0 Å². The van der Waals surface area contributed by atoms with Crippen LogP contribution >= 0.6 is 11.8 Å². The zero-order chi connectivity index (χ0) is 14.7. The van der Waals surface area contributed by atoms with Crippen molar-refractivity contribution in [3.05, 3.63) is 53.6 Å². The van der Waals surface area contributed by atoms with Crippen LogP contribution in [0, 0.1) is 6.92 Å². The van der Waals surface area contributed by atoms with E-state index >= 15 is 0 Å². The Labute approximate surface area is 128 Å². The Bertz CT molecular complexity index is 751. The van der Waals surface area contributed by atoms with Crippen LogP contribution in [0.4, 0.5) is 0 Å². The third-order valence-electron chi connectivity index (χ3n) is 3.20. The number of nitrogens with zero attached hydrogens (tertiary/aromatic N) is 1. The topological polar surface area (TPSA) is 37.9 Å². The van der Waals surface area contributed by atoms with Crippen molar-refractivity contribution in [2.24, 2.45) is 0 Å². The number of aryl methyl sites for hydroxylation is 1. The number of ether oxygens (including phenoxy) is 1. The van der Waals surface area contributed by atoms with Crippen molar-refractivity contribution in [1.82, 2.24) is 9.97 Å². The summed E-state index contributed by atoms with van der Waals surface area (Å²) in [4.78, 5) is 7.95. The van der Waals surface area contributed by atoms with Crippen LogP contribution in [-0.2, 0) is 5.75 Å². The second-order valence-electron chi connectivity index (χ2n) is 4.93. The molecular weight excluding hydrogens is 280 g/mol. The summed E-state index contributed by atoms with van der Waals surface area (Å²) >= 11 is 1.72. The van der Waals surface area contributed by atoms with E-state index in [1.165, 1.54) is 11.1 Å². The van der Waals surface area contributed by atoms with E-state index < -0.39 is 0 Å². The van der Waals surface area contributed by atoms with Crippen LogP contribution in [0.1, 0.15) is 18.1 Å². The molecule has 0 unspecified atom stereocenters. The highest BCUT2D eigenvalue weighted by molar-refractivity contribution is 7.98. The van der Waals surface area contributed by atoms with Crippen LogP contribution < -0.4 is 4.74 Å². The number of thioether (sulfide) groups is 1. The summed E-state index contributed by atoms with van der Waals surface area (Å²) in [5.74, 6) is 1.80. The zero-order valence-electron chi connectivity index (χ0n) is 12.2. The number of aromatic amines is 1. The molecule has 4 heteroatoms.